The Bertz CT molecular complexity index is 1450. The van der Waals surface area contributed by atoms with Crippen LogP contribution < -0.4 is 18.9 Å². The zero-order valence-corrected chi connectivity index (χ0v) is 22.0. The Morgan fingerprint density at radius 3 is 2.11 bits per heavy atom. The van der Waals surface area contributed by atoms with Gasteiger partial charge in [-0.3, -0.25) is 4.79 Å². The summed E-state index contributed by atoms with van der Waals surface area (Å²) in [4.78, 5) is 13.8. The molecule has 1 amide bonds. The second kappa shape index (κ2) is 10.5. The molecule has 3 aromatic carbocycles. The van der Waals surface area contributed by atoms with E-state index in [0.29, 0.717) is 40.7 Å². The highest BCUT2D eigenvalue weighted by Crippen LogP contribution is 2.39. The molecule has 0 saturated heterocycles. The maximum absolute atomic E-state index is 13.7. The van der Waals surface area contributed by atoms with Crippen molar-refractivity contribution in [3.63, 3.8) is 0 Å². The molecule has 1 aliphatic rings. The van der Waals surface area contributed by atoms with E-state index in [2.05, 4.69) is 0 Å². The predicted octanol–water partition coefficient (Wildman–Crippen LogP) is 4.12. The second-order valence-electron chi connectivity index (χ2n) is 8.39. The number of carbonyl (C=O) groups excluding carboxylic acids is 1. The molecule has 10 heteroatoms. The zero-order chi connectivity index (χ0) is 26.7. The van der Waals surface area contributed by atoms with Crippen LogP contribution in [0.5, 0.6) is 23.0 Å². The maximum atomic E-state index is 13.7. The summed E-state index contributed by atoms with van der Waals surface area (Å²) in [6.07, 6.45) is 1.53. The van der Waals surface area contributed by atoms with Crippen molar-refractivity contribution >= 4 is 21.5 Å². The first-order valence-corrected chi connectivity index (χ1v) is 13.2. The Morgan fingerprint density at radius 2 is 1.51 bits per heavy atom. The summed E-state index contributed by atoms with van der Waals surface area (Å²) in [5.74, 6) is 1.92. The molecular weight excluding hydrogens is 496 g/mol. The smallest absolute Gasteiger partial charge is 0.274 e. The summed E-state index contributed by atoms with van der Waals surface area (Å²) in [7, 11) is 2.85. The van der Waals surface area contributed by atoms with Gasteiger partial charge in [0.2, 0.25) is 0 Å². The lowest BCUT2D eigenvalue weighted by Gasteiger charge is -2.23. The van der Waals surface area contributed by atoms with Gasteiger partial charge in [0.25, 0.3) is 5.91 Å². The summed E-state index contributed by atoms with van der Waals surface area (Å²) in [5.41, 5.74) is 2.49. The normalized spacial score (nSPS) is 15.2. The monoisotopic (exact) mass is 524 g/mol. The van der Waals surface area contributed by atoms with Gasteiger partial charge in [-0.25, -0.2) is 13.4 Å². The lowest BCUT2D eigenvalue weighted by Crippen LogP contribution is -2.27. The Hall–Kier alpha value is -4.05. The van der Waals surface area contributed by atoms with Crippen LogP contribution in [0.15, 0.2) is 70.7 Å². The molecule has 0 radical (unpaired) electrons. The van der Waals surface area contributed by atoms with E-state index in [1.165, 1.54) is 29.3 Å². The van der Waals surface area contributed by atoms with Gasteiger partial charge in [-0.05, 0) is 54.1 Å². The van der Waals surface area contributed by atoms with E-state index in [0.717, 1.165) is 17.4 Å². The molecule has 1 atom stereocenters. The van der Waals surface area contributed by atoms with Crippen LogP contribution in [0.1, 0.15) is 33.9 Å². The van der Waals surface area contributed by atoms with Crippen LogP contribution >= 0.6 is 0 Å². The number of benzene rings is 3. The average Bonchev–Trinajstić information content (AvgIpc) is 3.36. The Balaban J connectivity index is 1.78. The third-order valence-electron chi connectivity index (χ3n) is 6.16. The summed E-state index contributed by atoms with van der Waals surface area (Å²) in [6, 6.07) is 16.2. The largest absolute Gasteiger partial charge is 0.497 e. The molecule has 1 aliphatic heterocycles. The lowest BCUT2D eigenvalue weighted by atomic mass is 9.97. The van der Waals surface area contributed by atoms with Gasteiger partial charge in [0.05, 0.1) is 45.1 Å². The Morgan fingerprint density at radius 1 is 0.838 bits per heavy atom. The Labute approximate surface area is 216 Å². The van der Waals surface area contributed by atoms with Crippen molar-refractivity contribution < 1.29 is 32.2 Å². The first-order valence-electron chi connectivity index (χ1n) is 11.4. The van der Waals surface area contributed by atoms with Crippen LogP contribution in [0.4, 0.5) is 0 Å². The van der Waals surface area contributed by atoms with Crippen molar-refractivity contribution in [3.05, 3.63) is 77.4 Å². The summed E-state index contributed by atoms with van der Waals surface area (Å²) in [5, 5.41) is 6.13. The molecule has 0 bridgehead atoms. The zero-order valence-electron chi connectivity index (χ0n) is 21.2. The molecule has 9 nitrogen and oxygen atoms in total. The topological polar surface area (TPSA) is 104 Å². The van der Waals surface area contributed by atoms with E-state index in [9.17, 15) is 13.2 Å². The summed E-state index contributed by atoms with van der Waals surface area (Å²) >= 11 is 0. The van der Waals surface area contributed by atoms with Gasteiger partial charge in [-0.1, -0.05) is 6.07 Å². The molecule has 0 fully saturated rings. The third kappa shape index (κ3) is 5.24. The van der Waals surface area contributed by atoms with Gasteiger partial charge in [0.1, 0.15) is 11.5 Å². The van der Waals surface area contributed by atoms with E-state index >= 15 is 0 Å². The fraction of sp³-hybridized carbons (Fsp3) is 0.259. The predicted molar refractivity (Wildman–Crippen MR) is 139 cm³/mol. The fourth-order valence-corrected chi connectivity index (χ4v) is 4.82. The van der Waals surface area contributed by atoms with Crippen molar-refractivity contribution in [1.29, 1.82) is 0 Å². The molecule has 4 rings (SSSR count). The number of sulfone groups is 1. The molecule has 0 saturated carbocycles. The first kappa shape index (κ1) is 26.0. The quantitative estimate of drug-likeness (QED) is 0.437. The number of amides is 1. The summed E-state index contributed by atoms with van der Waals surface area (Å²) in [6.45, 7) is 0. The van der Waals surface area contributed by atoms with Gasteiger partial charge >= 0.3 is 0 Å². The number of hydrogen-bond acceptors (Lipinski definition) is 8. The molecule has 1 heterocycles. The lowest BCUT2D eigenvalue weighted by molar-refractivity contribution is 0.0711. The van der Waals surface area contributed by atoms with E-state index in [1.807, 2.05) is 18.2 Å². The number of rotatable bonds is 8. The molecule has 0 spiro atoms. The van der Waals surface area contributed by atoms with Crippen molar-refractivity contribution in [1.82, 2.24) is 5.01 Å². The highest BCUT2D eigenvalue weighted by molar-refractivity contribution is 7.90. The van der Waals surface area contributed by atoms with Gasteiger partial charge in [0, 0.05) is 29.9 Å². The van der Waals surface area contributed by atoms with Crippen LogP contribution in [0, 0.1) is 0 Å². The number of hydrogen-bond donors (Lipinski definition) is 0. The minimum atomic E-state index is -3.39. The molecule has 0 aromatic heterocycles. The van der Waals surface area contributed by atoms with Gasteiger partial charge in [-0.15, -0.1) is 0 Å². The van der Waals surface area contributed by atoms with Crippen molar-refractivity contribution in [2.24, 2.45) is 5.10 Å². The van der Waals surface area contributed by atoms with Crippen molar-refractivity contribution in [2.45, 2.75) is 17.4 Å². The van der Waals surface area contributed by atoms with E-state index in [1.54, 1.807) is 46.6 Å². The minimum absolute atomic E-state index is 0.133. The molecule has 0 N–H and O–H groups in total. The molecule has 3 aromatic rings. The fourth-order valence-electron chi connectivity index (χ4n) is 4.19. The van der Waals surface area contributed by atoms with Crippen LogP contribution in [-0.2, 0) is 9.84 Å². The van der Waals surface area contributed by atoms with Crippen molar-refractivity contribution in [2.75, 3.05) is 34.7 Å². The Kier molecular flexibility index (Phi) is 7.40. The van der Waals surface area contributed by atoms with Gasteiger partial charge < -0.3 is 18.9 Å². The second-order valence-corrected chi connectivity index (χ2v) is 10.4. The number of methoxy groups -OCH3 is 4. The van der Waals surface area contributed by atoms with E-state index < -0.39 is 15.9 Å². The summed E-state index contributed by atoms with van der Waals surface area (Å²) < 4.78 is 45.5. The number of nitrogens with zero attached hydrogens (tertiary/aromatic N) is 2. The molecular formula is C27H28N2O7S. The SMILES string of the molecule is COc1ccc(C2=NN(C(=O)c3ccc(S(C)(=O)=O)cc3)C(c3ccc(OC)c(OC)c3)C2)c(OC)c1. The molecule has 1 unspecified atom stereocenters. The third-order valence-corrected chi connectivity index (χ3v) is 7.29. The average molecular weight is 525 g/mol. The van der Waals surface area contributed by atoms with Crippen LogP contribution in [0.3, 0.4) is 0 Å². The number of carbonyl (C=O) groups is 1. The van der Waals surface area contributed by atoms with E-state index in [-0.39, 0.29) is 10.8 Å². The number of ether oxygens (including phenoxy) is 4. The molecule has 37 heavy (non-hydrogen) atoms. The van der Waals surface area contributed by atoms with Gasteiger partial charge in [-0.2, -0.15) is 5.10 Å². The molecule has 194 valence electrons. The van der Waals surface area contributed by atoms with Crippen LogP contribution in [0.2, 0.25) is 0 Å². The van der Waals surface area contributed by atoms with Crippen LogP contribution in [0.25, 0.3) is 0 Å². The van der Waals surface area contributed by atoms with Crippen LogP contribution in [-0.4, -0.2) is 59.7 Å². The first-order chi connectivity index (χ1) is 17.7. The standard InChI is InChI=1S/C27H28N2O7S/c1-33-19-9-12-21(25(15-19)35-3)22-16-23(18-8-13-24(34-2)26(14-18)36-4)29(28-22)27(30)17-6-10-20(11-7-17)37(5,31)32/h6-15,23H,16H2,1-5H3. The van der Waals surface area contributed by atoms with E-state index in [4.69, 9.17) is 24.0 Å². The van der Waals surface area contributed by atoms with Crippen molar-refractivity contribution in [3.8, 4) is 23.0 Å². The molecule has 0 aliphatic carbocycles. The minimum Gasteiger partial charge on any atom is -0.497 e. The maximum Gasteiger partial charge on any atom is 0.274 e. The van der Waals surface area contributed by atoms with Gasteiger partial charge in [0.15, 0.2) is 21.3 Å². The highest BCUT2D eigenvalue weighted by Gasteiger charge is 2.35. The highest BCUT2D eigenvalue weighted by atomic mass is 32.2. The number of hydrazone groups is 1.